The summed E-state index contributed by atoms with van der Waals surface area (Å²) in [7, 11) is 0. The minimum Gasteiger partial charge on any atom is -0.351 e. The molecule has 0 unspecified atom stereocenters. The minimum absolute atomic E-state index is 0.0355. The third-order valence-electron chi connectivity index (χ3n) is 6.34. The van der Waals surface area contributed by atoms with Crippen LogP contribution in [-0.4, -0.2) is 34.8 Å². The predicted molar refractivity (Wildman–Crippen MR) is 154 cm³/mol. The van der Waals surface area contributed by atoms with Gasteiger partial charge in [0.05, 0.1) is 4.91 Å². The van der Waals surface area contributed by atoms with E-state index in [0.717, 1.165) is 53.4 Å². The fourth-order valence-electron chi connectivity index (χ4n) is 4.39. The first-order valence-electron chi connectivity index (χ1n) is 12.1. The lowest BCUT2D eigenvalue weighted by molar-refractivity contribution is -0.113. The number of rotatable bonds is 6. The van der Waals surface area contributed by atoms with Crippen LogP contribution in [0.4, 0.5) is 0 Å². The Morgan fingerprint density at radius 2 is 1.43 bits per heavy atom. The van der Waals surface area contributed by atoms with Crippen LogP contribution >= 0.6 is 35.0 Å². The fraction of sp³-hybridized carbons (Fsp3) is 0.167. The number of hydrogen-bond acceptors (Lipinski definition) is 4. The Kier molecular flexibility index (Phi) is 7.94. The van der Waals surface area contributed by atoms with Crippen LogP contribution in [-0.2, 0) is 4.79 Å². The average molecular weight is 548 g/mol. The van der Waals surface area contributed by atoms with Crippen molar-refractivity contribution in [2.24, 2.45) is 4.99 Å². The van der Waals surface area contributed by atoms with E-state index >= 15 is 0 Å². The van der Waals surface area contributed by atoms with Crippen molar-refractivity contribution >= 4 is 63.0 Å². The summed E-state index contributed by atoms with van der Waals surface area (Å²) < 4.78 is 0. The molecule has 3 aromatic carbocycles. The zero-order chi connectivity index (χ0) is 25.8. The van der Waals surface area contributed by atoms with Crippen LogP contribution < -0.4 is 0 Å². The highest BCUT2D eigenvalue weighted by atomic mass is 35.5. The number of ketones is 1. The van der Waals surface area contributed by atoms with Gasteiger partial charge in [-0.25, -0.2) is 0 Å². The van der Waals surface area contributed by atoms with Gasteiger partial charge in [0.1, 0.15) is 0 Å². The van der Waals surface area contributed by atoms with E-state index in [9.17, 15) is 9.59 Å². The van der Waals surface area contributed by atoms with E-state index in [4.69, 9.17) is 23.2 Å². The smallest absolute Gasteiger partial charge is 0.286 e. The van der Waals surface area contributed by atoms with Crippen LogP contribution in [0.2, 0.25) is 10.0 Å². The van der Waals surface area contributed by atoms with E-state index in [2.05, 4.69) is 9.89 Å². The summed E-state index contributed by atoms with van der Waals surface area (Å²) in [5, 5.41) is 1.93. The number of allylic oxidation sites excluding steroid dienone is 3. The quantitative estimate of drug-likeness (QED) is 0.234. The van der Waals surface area contributed by atoms with Crippen LogP contribution in [0.15, 0.2) is 94.8 Å². The molecule has 0 radical (unpaired) electrons. The SMILES string of the molecule is O=C1N=C(N2CCCC2)S/C1=C(\C=C(\CC(=O)c1ccc(Cl)cc1)c1ccccc1)c1ccc(Cl)cc1. The molecule has 2 aliphatic heterocycles. The molecule has 1 amide bonds. The van der Waals surface area contributed by atoms with Gasteiger partial charge in [-0.3, -0.25) is 9.59 Å². The molecule has 186 valence electrons. The average Bonchev–Trinajstić information content (AvgIpc) is 3.58. The number of aliphatic imine (C=N–C) groups is 1. The van der Waals surface area contributed by atoms with E-state index in [-0.39, 0.29) is 18.1 Å². The first-order valence-corrected chi connectivity index (χ1v) is 13.7. The number of carbonyl (C=O) groups is 2. The summed E-state index contributed by atoms with van der Waals surface area (Å²) in [6.07, 6.45) is 4.31. The zero-order valence-electron chi connectivity index (χ0n) is 20.0. The molecule has 0 atom stereocenters. The van der Waals surface area contributed by atoms with Crippen LogP contribution in [0, 0.1) is 0 Å². The predicted octanol–water partition coefficient (Wildman–Crippen LogP) is 7.79. The van der Waals surface area contributed by atoms with Gasteiger partial charge in [-0.1, -0.05) is 65.7 Å². The van der Waals surface area contributed by atoms with Gasteiger partial charge in [0.25, 0.3) is 5.91 Å². The van der Waals surface area contributed by atoms with Gasteiger partial charge in [0.2, 0.25) is 0 Å². The highest BCUT2D eigenvalue weighted by molar-refractivity contribution is 8.18. The molecular weight excluding hydrogens is 523 g/mol. The van der Waals surface area contributed by atoms with Crippen molar-refractivity contribution in [3.8, 4) is 0 Å². The summed E-state index contributed by atoms with van der Waals surface area (Å²) in [4.78, 5) is 33.6. The van der Waals surface area contributed by atoms with Crippen molar-refractivity contribution < 1.29 is 9.59 Å². The number of nitrogens with zero attached hydrogens (tertiary/aromatic N) is 2. The maximum Gasteiger partial charge on any atom is 0.286 e. The summed E-state index contributed by atoms with van der Waals surface area (Å²) in [6, 6.07) is 24.1. The molecule has 0 spiro atoms. The third kappa shape index (κ3) is 6.07. The van der Waals surface area contributed by atoms with Gasteiger partial charge < -0.3 is 4.90 Å². The number of likely N-dealkylation sites (tertiary alicyclic amines) is 1. The lowest BCUT2D eigenvalue weighted by Gasteiger charge is -2.16. The number of thioether (sulfide) groups is 1. The largest absolute Gasteiger partial charge is 0.351 e. The molecule has 37 heavy (non-hydrogen) atoms. The Hall–Kier alpha value is -3.12. The molecule has 3 aromatic rings. The summed E-state index contributed by atoms with van der Waals surface area (Å²) >= 11 is 13.6. The zero-order valence-corrected chi connectivity index (χ0v) is 22.3. The van der Waals surface area contributed by atoms with Crippen LogP contribution in [0.3, 0.4) is 0 Å². The molecule has 5 rings (SSSR count). The molecule has 1 saturated heterocycles. The standard InChI is InChI=1S/C30H24Cl2N2O2S/c31-24-12-8-21(9-13-24)26(28-29(36)33-30(37-28)34-16-4-5-17-34)18-23(20-6-2-1-3-7-20)19-27(35)22-10-14-25(32)15-11-22/h1-3,6-15,18H,4-5,16-17,19H2/b23-18-,28-26+. The molecule has 1 fully saturated rings. The van der Waals surface area contributed by atoms with Crippen LogP contribution in [0.1, 0.15) is 40.7 Å². The van der Waals surface area contributed by atoms with Crippen molar-refractivity contribution in [2.75, 3.05) is 13.1 Å². The second-order valence-corrected chi connectivity index (χ2v) is 10.7. The minimum atomic E-state index is -0.260. The van der Waals surface area contributed by atoms with Gasteiger partial charge in [-0.05, 0) is 83.8 Å². The van der Waals surface area contributed by atoms with Gasteiger partial charge in [-0.15, -0.1) is 0 Å². The van der Waals surface area contributed by atoms with Crippen LogP contribution in [0.25, 0.3) is 11.1 Å². The Balaban J connectivity index is 1.59. The molecule has 0 aromatic heterocycles. The molecule has 0 bridgehead atoms. The highest BCUT2D eigenvalue weighted by Crippen LogP contribution is 2.38. The number of amides is 1. The van der Waals surface area contributed by atoms with Crippen LogP contribution in [0.5, 0.6) is 0 Å². The number of halogens is 2. The summed E-state index contributed by atoms with van der Waals surface area (Å²) in [5.41, 5.74) is 3.87. The first kappa shape index (κ1) is 25.5. The number of amidine groups is 1. The lowest BCUT2D eigenvalue weighted by atomic mass is 9.93. The van der Waals surface area contributed by atoms with Gasteiger partial charge in [0, 0.05) is 40.7 Å². The fourth-order valence-corrected chi connectivity index (χ4v) is 5.69. The Morgan fingerprint density at radius 3 is 2.05 bits per heavy atom. The maximum absolute atomic E-state index is 13.3. The third-order valence-corrected chi connectivity index (χ3v) is 7.98. The normalized spacial score (nSPS) is 17.2. The Morgan fingerprint density at radius 1 is 0.838 bits per heavy atom. The summed E-state index contributed by atoms with van der Waals surface area (Å²) in [6.45, 7) is 1.81. The van der Waals surface area contributed by atoms with Gasteiger partial charge in [0.15, 0.2) is 11.0 Å². The number of benzene rings is 3. The Labute approximate surface area is 230 Å². The second kappa shape index (κ2) is 11.5. The number of hydrogen-bond donors (Lipinski definition) is 0. The maximum atomic E-state index is 13.3. The highest BCUT2D eigenvalue weighted by Gasteiger charge is 2.30. The van der Waals surface area contributed by atoms with Gasteiger partial charge in [-0.2, -0.15) is 4.99 Å². The lowest BCUT2D eigenvalue weighted by Crippen LogP contribution is -2.23. The molecule has 0 N–H and O–H groups in total. The van der Waals surface area contributed by atoms with Crippen molar-refractivity contribution in [2.45, 2.75) is 19.3 Å². The van der Waals surface area contributed by atoms with Crippen molar-refractivity contribution in [1.29, 1.82) is 0 Å². The van der Waals surface area contributed by atoms with Crippen molar-refractivity contribution in [3.05, 3.63) is 117 Å². The van der Waals surface area contributed by atoms with Crippen molar-refractivity contribution in [3.63, 3.8) is 0 Å². The van der Waals surface area contributed by atoms with E-state index in [1.54, 1.807) is 36.4 Å². The number of Topliss-reactive ketones (excluding diaryl/α,β-unsaturated/α-hetero) is 1. The van der Waals surface area contributed by atoms with E-state index in [1.165, 1.54) is 11.8 Å². The van der Waals surface area contributed by atoms with Gasteiger partial charge >= 0.3 is 0 Å². The molecular formula is C30H24Cl2N2O2S. The molecule has 0 aliphatic carbocycles. The molecule has 2 heterocycles. The van der Waals surface area contributed by atoms with E-state index < -0.39 is 0 Å². The molecule has 2 aliphatic rings. The number of carbonyl (C=O) groups excluding carboxylic acids is 2. The first-order chi connectivity index (χ1) is 18.0. The molecule has 7 heteroatoms. The van der Waals surface area contributed by atoms with E-state index in [1.807, 2.05) is 48.5 Å². The molecule has 4 nitrogen and oxygen atoms in total. The Bertz CT molecular complexity index is 1410. The second-order valence-electron chi connectivity index (χ2n) is 8.89. The summed E-state index contributed by atoms with van der Waals surface area (Å²) in [5.74, 6) is -0.295. The van der Waals surface area contributed by atoms with Crippen molar-refractivity contribution in [1.82, 2.24) is 4.90 Å². The monoisotopic (exact) mass is 546 g/mol. The molecule has 0 saturated carbocycles. The van der Waals surface area contributed by atoms with E-state index in [0.29, 0.717) is 20.5 Å². The topological polar surface area (TPSA) is 49.7 Å².